The van der Waals surface area contributed by atoms with Crippen LogP contribution in [0.5, 0.6) is 0 Å². The lowest BCUT2D eigenvalue weighted by atomic mass is 9.99. The number of fused-ring (bicyclic) bond motifs is 6. The van der Waals surface area contributed by atoms with Crippen LogP contribution in [0.1, 0.15) is 12.8 Å². The summed E-state index contributed by atoms with van der Waals surface area (Å²) in [7, 11) is 0. The second-order valence-electron chi connectivity index (χ2n) is 16.1. The van der Waals surface area contributed by atoms with Crippen molar-refractivity contribution < 1.29 is 0 Å². The van der Waals surface area contributed by atoms with E-state index in [1.54, 1.807) is 0 Å². The van der Waals surface area contributed by atoms with Crippen molar-refractivity contribution in [1.82, 2.24) is 19.1 Å². The molecule has 12 rings (SSSR count). The first-order valence-corrected chi connectivity index (χ1v) is 21.4. The Kier molecular flexibility index (Phi) is 8.60. The average molecular weight is 793 g/mol. The minimum atomic E-state index is 0.711. The van der Waals surface area contributed by atoms with E-state index in [2.05, 4.69) is 203 Å². The Hall–Kier alpha value is -8.08. The summed E-state index contributed by atoms with van der Waals surface area (Å²) in [4.78, 5) is 10.1. The first-order valence-electron chi connectivity index (χ1n) is 21.4. The zero-order valence-electron chi connectivity index (χ0n) is 34.0. The highest BCUT2D eigenvalue weighted by Crippen LogP contribution is 2.40. The fourth-order valence-electron chi connectivity index (χ4n) is 9.38. The van der Waals surface area contributed by atoms with Crippen LogP contribution < -0.4 is 0 Å². The van der Waals surface area contributed by atoms with Gasteiger partial charge in [0.15, 0.2) is 5.82 Å². The molecule has 11 aromatic rings. The van der Waals surface area contributed by atoms with Gasteiger partial charge in [-0.1, -0.05) is 152 Å². The fourth-order valence-corrected chi connectivity index (χ4v) is 9.38. The molecule has 292 valence electrons. The number of para-hydroxylation sites is 1. The van der Waals surface area contributed by atoms with E-state index in [1.165, 1.54) is 60.5 Å². The molecule has 0 bridgehead atoms. The number of benzene rings is 8. The molecule has 0 saturated heterocycles. The quantitative estimate of drug-likeness (QED) is 0.161. The fraction of sp³-hybridized carbons (Fsp3) is 0.0345. The molecule has 0 atom stereocenters. The van der Waals surface area contributed by atoms with Gasteiger partial charge in [0.2, 0.25) is 0 Å². The molecule has 0 fully saturated rings. The minimum Gasteiger partial charge on any atom is -0.313 e. The highest BCUT2D eigenvalue weighted by Gasteiger charge is 2.18. The first kappa shape index (κ1) is 35.8. The van der Waals surface area contributed by atoms with Crippen molar-refractivity contribution in [2.45, 2.75) is 12.8 Å². The number of rotatable bonds is 7. The predicted octanol–water partition coefficient (Wildman–Crippen LogP) is 15.2. The van der Waals surface area contributed by atoms with E-state index in [9.17, 15) is 0 Å². The second kappa shape index (κ2) is 14.9. The minimum absolute atomic E-state index is 0.711. The van der Waals surface area contributed by atoms with E-state index < -0.39 is 0 Å². The van der Waals surface area contributed by atoms with Crippen molar-refractivity contribution in [1.29, 1.82) is 0 Å². The third-order valence-electron chi connectivity index (χ3n) is 12.4. The maximum atomic E-state index is 5.10. The molecule has 0 unspecified atom stereocenters. The Balaban J connectivity index is 0.997. The second-order valence-corrected chi connectivity index (χ2v) is 16.1. The molecule has 1 aliphatic carbocycles. The Morgan fingerprint density at radius 3 is 1.42 bits per heavy atom. The average Bonchev–Trinajstić information content (AvgIpc) is 3.87. The van der Waals surface area contributed by atoms with Gasteiger partial charge in [-0.05, 0) is 102 Å². The third-order valence-corrected chi connectivity index (χ3v) is 12.4. The zero-order chi connectivity index (χ0) is 41.0. The predicted molar refractivity (Wildman–Crippen MR) is 259 cm³/mol. The molecule has 4 heteroatoms. The molecule has 1 aliphatic rings. The van der Waals surface area contributed by atoms with E-state index in [1.807, 2.05) is 24.3 Å². The summed E-state index contributed by atoms with van der Waals surface area (Å²) in [5.74, 6) is 0.711. The largest absolute Gasteiger partial charge is 0.313 e. The smallest absolute Gasteiger partial charge is 0.160 e. The summed E-state index contributed by atoms with van der Waals surface area (Å²) in [6, 6.07) is 71.9. The van der Waals surface area contributed by atoms with Crippen LogP contribution in [0, 0.1) is 0 Å². The van der Waals surface area contributed by atoms with Gasteiger partial charge in [-0.15, -0.1) is 0 Å². The summed E-state index contributed by atoms with van der Waals surface area (Å²) in [6.07, 6.45) is 8.81. The summed E-state index contributed by atoms with van der Waals surface area (Å²) in [6.45, 7) is 0. The highest BCUT2D eigenvalue weighted by atomic mass is 15.0. The van der Waals surface area contributed by atoms with Crippen molar-refractivity contribution in [2.24, 2.45) is 0 Å². The lowest BCUT2D eigenvalue weighted by Gasteiger charge is -2.14. The molecule has 3 heterocycles. The standard InChI is InChI=1S/C58H40N4/c1-5-15-39(16-6-1)43-27-32-56-50(35-43)51-37-45(44-28-33-55-49(36-44)48-23-13-14-24-54(48)61(55)46-21-11-4-12-22-46)29-34-57(51)62(56)47-30-25-41(26-31-47)53-38-52(40-17-7-2-8-18-40)59-58(60-53)42-19-9-3-10-20-42/h1-11,13-21,23-38H,12,22H2. The summed E-state index contributed by atoms with van der Waals surface area (Å²) in [5, 5.41) is 5.00. The van der Waals surface area contributed by atoms with Crippen LogP contribution in [0.25, 0.3) is 111 Å². The summed E-state index contributed by atoms with van der Waals surface area (Å²) >= 11 is 0. The van der Waals surface area contributed by atoms with Crippen molar-refractivity contribution in [3.05, 3.63) is 218 Å². The van der Waals surface area contributed by atoms with Gasteiger partial charge in [0.25, 0.3) is 0 Å². The zero-order valence-corrected chi connectivity index (χ0v) is 34.0. The number of allylic oxidation sites excluding steroid dienone is 4. The maximum Gasteiger partial charge on any atom is 0.160 e. The van der Waals surface area contributed by atoms with Crippen molar-refractivity contribution in [3.63, 3.8) is 0 Å². The molecule has 0 saturated carbocycles. The molecular formula is C58H40N4. The van der Waals surface area contributed by atoms with Gasteiger partial charge in [-0.3, -0.25) is 0 Å². The highest BCUT2D eigenvalue weighted by molar-refractivity contribution is 6.13. The number of nitrogens with zero attached hydrogens (tertiary/aromatic N) is 4. The lowest BCUT2D eigenvalue weighted by molar-refractivity contribution is 0.979. The van der Waals surface area contributed by atoms with Crippen molar-refractivity contribution in [3.8, 4) is 61.8 Å². The normalized spacial score (nSPS) is 12.7. The van der Waals surface area contributed by atoms with Crippen LogP contribution in [0.3, 0.4) is 0 Å². The van der Waals surface area contributed by atoms with Crippen LogP contribution in [0.2, 0.25) is 0 Å². The molecular weight excluding hydrogens is 753 g/mol. The number of hydrogen-bond donors (Lipinski definition) is 0. The van der Waals surface area contributed by atoms with Gasteiger partial charge in [-0.2, -0.15) is 0 Å². The number of hydrogen-bond acceptors (Lipinski definition) is 2. The van der Waals surface area contributed by atoms with E-state index in [0.29, 0.717) is 5.82 Å². The molecule has 4 nitrogen and oxygen atoms in total. The Bertz CT molecular complexity index is 3480. The topological polar surface area (TPSA) is 35.6 Å². The van der Waals surface area contributed by atoms with Gasteiger partial charge in [-0.25, -0.2) is 9.97 Å². The van der Waals surface area contributed by atoms with Crippen LogP contribution in [-0.2, 0) is 0 Å². The van der Waals surface area contributed by atoms with Gasteiger partial charge in [0, 0.05) is 49.6 Å². The molecule has 0 spiro atoms. The van der Waals surface area contributed by atoms with E-state index in [-0.39, 0.29) is 0 Å². The molecule has 8 aromatic carbocycles. The van der Waals surface area contributed by atoms with Crippen LogP contribution in [0.15, 0.2) is 218 Å². The van der Waals surface area contributed by atoms with Crippen LogP contribution >= 0.6 is 0 Å². The lowest BCUT2D eigenvalue weighted by Crippen LogP contribution is -1.98. The first-order chi connectivity index (χ1) is 30.7. The van der Waals surface area contributed by atoms with Gasteiger partial charge in [0.1, 0.15) is 0 Å². The molecule has 0 aliphatic heterocycles. The van der Waals surface area contributed by atoms with Crippen LogP contribution in [0.4, 0.5) is 0 Å². The maximum absolute atomic E-state index is 5.10. The van der Waals surface area contributed by atoms with Gasteiger partial charge < -0.3 is 9.13 Å². The third kappa shape index (κ3) is 6.15. The van der Waals surface area contributed by atoms with E-state index in [0.717, 1.165) is 57.6 Å². The Morgan fingerprint density at radius 1 is 0.355 bits per heavy atom. The summed E-state index contributed by atoms with van der Waals surface area (Å²) < 4.78 is 4.86. The summed E-state index contributed by atoms with van der Waals surface area (Å²) in [5.41, 5.74) is 16.9. The monoisotopic (exact) mass is 792 g/mol. The SMILES string of the molecule is C1=CCCC(n2c3ccccc3c3cc(-c4ccc5c(c4)c4cc(-c6ccccc6)ccc4n5-c4ccc(-c5cc(-c6ccccc6)nc(-c6ccccc6)n5)cc4)ccc32)=C1. The van der Waals surface area contributed by atoms with E-state index in [4.69, 9.17) is 9.97 Å². The van der Waals surface area contributed by atoms with Gasteiger partial charge >= 0.3 is 0 Å². The molecule has 0 amide bonds. The molecule has 0 N–H and O–H groups in total. The Morgan fingerprint density at radius 2 is 0.823 bits per heavy atom. The van der Waals surface area contributed by atoms with Crippen LogP contribution in [-0.4, -0.2) is 19.1 Å². The molecule has 62 heavy (non-hydrogen) atoms. The van der Waals surface area contributed by atoms with Crippen molar-refractivity contribution in [2.75, 3.05) is 0 Å². The number of aromatic nitrogens is 4. The Labute approximate surface area is 360 Å². The molecule has 3 aromatic heterocycles. The van der Waals surface area contributed by atoms with E-state index >= 15 is 0 Å². The molecule has 0 radical (unpaired) electrons. The van der Waals surface area contributed by atoms with Crippen molar-refractivity contribution >= 4 is 49.3 Å². The van der Waals surface area contributed by atoms with Gasteiger partial charge in [0.05, 0.1) is 33.5 Å².